The average molecular weight is 393 g/mol. The molecule has 0 fully saturated rings. The molecule has 2 aromatic carbocycles. The van der Waals surface area contributed by atoms with Crippen LogP contribution < -0.4 is 5.11 Å². The molecule has 3 rings (SSSR count). The van der Waals surface area contributed by atoms with Gasteiger partial charge in [0.1, 0.15) is 5.82 Å². The summed E-state index contributed by atoms with van der Waals surface area (Å²) in [5.41, 5.74) is -0.369. The van der Waals surface area contributed by atoms with E-state index in [0.717, 1.165) is 17.0 Å². The van der Waals surface area contributed by atoms with Crippen LogP contribution in [-0.2, 0) is 0 Å². The first kappa shape index (κ1) is 17.7. The molecule has 11 heteroatoms. The van der Waals surface area contributed by atoms with Gasteiger partial charge in [-0.15, -0.1) is 0 Å². The van der Waals surface area contributed by atoms with Crippen molar-refractivity contribution in [3.8, 4) is 17.1 Å². The monoisotopic (exact) mass is 392 g/mol. The Kier molecular flexibility index (Phi) is 4.78. The van der Waals surface area contributed by atoms with E-state index in [2.05, 4.69) is 15.3 Å². The summed E-state index contributed by atoms with van der Waals surface area (Å²) in [4.78, 5) is 10.1. The van der Waals surface area contributed by atoms with Gasteiger partial charge in [0.2, 0.25) is 4.77 Å². The molecule has 0 saturated carbocycles. The lowest BCUT2D eigenvalue weighted by atomic mass is 10.2. The average Bonchev–Trinajstić information content (AvgIpc) is 2.96. The van der Waals surface area contributed by atoms with Gasteiger partial charge >= 0.3 is 0 Å². The topological polar surface area (TPSA) is 112 Å². The summed E-state index contributed by atoms with van der Waals surface area (Å²) in [5, 5.41) is 33.6. The van der Waals surface area contributed by atoms with Crippen LogP contribution in [0.2, 0.25) is 5.02 Å². The van der Waals surface area contributed by atoms with E-state index in [1.807, 2.05) is 0 Å². The van der Waals surface area contributed by atoms with E-state index in [0.29, 0.717) is 5.56 Å². The van der Waals surface area contributed by atoms with Crippen molar-refractivity contribution >= 4 is 35.7 Å². The van der Waals surface area contributed by atoms with Crippen LogP contribution in [0.1, 0.15) is 5.56 Å². The maximum atomic E-state index is 13.4. The van der Waals surface area contributed by atoms with E-state index in [1.54, 1.807) is 6.07 Å². The first-order chi connectivity index (χ1) is 12.4. The van der Waals surface area contributed by atoms with Crippen LogP contribution in [-0.4, -0.2) is 26.0 Å². The zero-order valence-corrected chi connectivity index (χ0v) is 14.3. The predicted molar refractivity (Wildman–Crippen MR) is 93.4 cm³/mol. The van der Waals surface area contributed by atoms with Crippen molar-refractivity contribution in [3.63, 3.8) is 0 Å². The molecule has 3 aromatic rings. The van der Waals surface area contributed by atoms with Gasteiger partial charge in [-0.1, -0.05) is 23.7 Å². The fraction of sp³-hybridized carbons (Fsp3) is 0. The molecular weight excluding hydrogens is 385 g/mol. The van der Waals surface area contributed by atoms with Gasteiger partial charge in [0, 0.05) is 16.7 Å². The highest BCUT2D eigenvalue weighted by molar-refractivity contribution is 7.71. The van der Waals surface area contributed by atoms with Gasteiger partial charge in [-0.25, -0.2) is 9.49 Å². The third kappa shape index (κ3) is 3.46. The Bertz CT molecular complexity index is 1100. The Morgan fingerprint density at radius 1 is 1.38 bits per heavy atom. The number of hydrogen-bond donors (Lipinski definition) is 1. The molecule has 1 N–H and O–H groups in total. The van der Waals surface area contributed by atoms with E-state index in [9.17, 15) is 19.6 Å². The molecule has 0 radical (unpaired) electrons. The molecule has 0 amide bonds. The Balaban J connectivity index is 2.07. The maximum Gasteiger partial charge on any atom is 0.263 e. The normalized spacial score (nSPS) is 11.2. The van der Waals surface area contributed by atoms with E-state index < -0.39 is 22.2 Å². The predicted octanol–water partition coefficient (Wildman–Crippen LogP) is 3.26. The third-order valence-corrected chi connectivity index (χ3v) is 3.79. The highest BCUT2D eigenvalue weighted by Crippen LogP contribution is 2.30. The molecule has 1 aromatic heterocycles. The summed E-state index contributed by atoms with van der Waals surface area (Å²) in [6.07, 6.45) is 1.08. The number of nitrogens with zero attached hydrogens (tertiary/aromatic N) is 4. The molecule has 8 nitrogen and oxygen atoms in total. The van der Waals surface area contributed by atoms with Crippen LogP contribution in [0.15, 0.2) is 41.5 Å². The van der Waals surface area contributed by atoms with Gasteiger partial charge in [0.05, 0.1) is 11.1 Å². The molecule has 0 bridgehead atoms. The molecule has 0 aliphatic heterocycles. The number of rotatable bonds is 4. The second-order valence-electron chi connectivity index (χ2n) is 5.02. The first-order valence-electron chi connectivity index (χ1n) is 6.99. The molecule has 0 saturated heterocycles. The van der Waals surface area contributed by atoms with Crippen LogP contribution in [0.25, 0.3) is 11.4 Å². The summed E-state index contributed by atoms with van der Waals surface area (Å²) in [6.45, 7) is 0. The standard InChI is InChI=1S/C15H9ClFN5O3S/c16-10-4-9(13(23)12(6-10)22(24)25)7-18-21-14(19-20-15(21)26)8-2-1-3-11(17)5-8/h1-7,23H,(H,20,26)/p-1/b18-7-. The van der Waals surface area contributed by atoms with Crippen LogP contribution >= 0.6 is 23.8 Å². The smallest absolute Gasteiger partial charge is 0.263 e. The van der Waals surface area contributed by atoms with E-state index in [4.69, 9.17) is 23.8 Å². The molecule has 0 aliphatic rings. The van der Waals surface area contributed by atoms with Crippen molar-refractivity contribution in [2.45, 2.75) is 0 Å². The zero-order chi connectivity index (χ0) is 18.8. The van der Waals surface area contributed by atoms with Gasteiger partial charge in [-0.3, -0.25) is 10.1 Å². The summed E-state index contributed by atoms with van der Waals surface area (Å²) in [5.74, 6) is -1.11. The lowest BCUT2D eigenvalue weighted by molar-refractivity contribution is -0.398. The molecular formula is C15H8ClFN5O3S-. The molecule has 0 spiro atoms. The van der Waals surface area contributed by atoms with Crippen molar-refractivity contribution in [2.24, 2.45) is 5.10 Å². The van der Waals surface area contributed by atoms with Gasteiger partial charge in [0.15, 0.2) is 5.82 Å². The second kappa shape index (κ2) is 7.02. The summed E-state index contributed by atoms with van der Waals surface area (Å²) in [7, 11) is 0. The van der Waals surface area contributed by atoms with Gasteiger partial charge < -0.3 is 5.11 Å². The minimum Gasteiger partial charge on any atom is -0.867 e. The Morgan fingerprint density at radius 2 is 2.15 bits per heavy atom. The SMILES string of the molecule is O=[N+]([O-])c1cc(Cl)cc(/C=N\n2c(-c3cccc(F)c3)n[nH]c2=S)c1[O-]. The number of nitro benzene ring substituents is 1. The number of halogens is 2. The fourth-order valence-corrected chi connectivity index (χ4v) is 2.56. The number of aromatic amines is 1. The zero-order valence-electron chi connectivity index (χ0n) is 12.7. The van der Waals surface area contributed by atoms with Gasteiger partial charge in [0.25, 0.3) is 5.69 Å². The molecule has 1 heterocycles. The van der Waals surface area contributed by atoms with Crippen LogP contribution in [0.3, 0.4) is 0 Å². The Morgan fingerprint density at radius 3 is 2.85 bits per heavy atom. The number of aromatic nitrogens is 3. The number of nitrogens with one attached hydrogen (secondary N) is 1. The number of benzene rings is 2. The van der Waals surface area contributed by atoms with Crippen molar-refractivity contribution in [1.82, 2.24) is 14.9 Å². The lowest BCUT2D eigenvalue weighted by Gasteiger charge is -2.10. The van der Waals surface area contributed by atoms with Gasteiger partial charge in [-0.2, -0.15) is 14.9 Å². The van der Waals surface area contributed by atoms with Crippen molar-refractivity contribution in [3.05, 3.63) is 67.7 Å². The number of nitro groups is 1. The van der Waals surface area contributed by atoms with Crippen molar-refractivity contribution < 1.29 is 14.4 Å². The Labute approximate surface area is 155 Å². The van der Waals surface area contributed by atoms with E-state index in [1.165, 1.54) is 24.3 Å². The summed E-state index contributed by atoms with van der Waals surface area (Å²) in [6, 6.07) is 7.80. The molecule has 0 unspecified atom stereocenters. The van der Waals surface area contributed by atoms with E-state index >= 15 is 0 Å². The first-order valence-corrected chi connectivity index (χ1v) is 7.78. The third-order valence-electron chi connectivity index (χ3n) is 3.31. The fourth-order valence-electron chi connectivity index (χ4n) is 2.16. The lowest BCUT2D eigenvalue weighted by Crippen LogP contribution is -2.03. The van der Waals surface area contributed by atoms with E-state index in [-0.39, 0.29) is 21.2 Å². The summed E-state index contributed by atoms with van der Waals surface area (Å²) >= 11 is 10.9. The van der Waals surface area contributed by atoms with Gasteiger partial charge in [-0.05, 0) is 41.7 Å². The number of H-pyrrole nitrogens is 1. The Hall–Kier alpha value is -3.11. The molecule has 0 aliphatic carbocycles. The maximum absolute atomic E-state index is 13.4. The summed E-state index contributed by atoms with van der Waals surface area (Å²) < 4.78 is 14.7. The van der Waals surface area contributed by atoms with Crippen LogP contribution in [0.4, 0.5) is 10.1 Å². The highest BCUT2D eigenvalue weighted by Gasteiger charge is 2.12. The van der Waals surface area contributed by atoms with Crippen molar-refractivity contribution in [2.75, 3.05) is 0 Å². The second-order valence-corrected chi connectivity index (χ2v) is 5.84. The highest BCUT2D eigenvalue weighted by atomic mass is 35.5. The quantitative estimate of drug-likeness (QED) is 0.317. The van der Waals surface area contributed by atoms with Crippen LogP contribution in [0, 0.1) is 20.7 Å². The van der Waals surface area contributed by atoms with Crippen molar-refractivity contribution in [1.29, 1.82) is 0 Å². The number of hydrogen-bond acceptors (Lipinski definition) is 6. The molecule has 0 atom stereocenters. The largest absolute Gasteiger partial charge is 0.867 e. The minimum absolute atomic E-state index is 0.0129. The van der Waals surface area contributed by atoms with Crippen LogP contribution in [0.5, 0.6) is 5.75 Å². The molecule has 132 valence electrons. The molecule has 26 heavy (non-hydrogen) atoms. The minimum atomic E-state index is -0.842.